The van der Waals surface area contributed by atoms with Crippen molar-refractivity contribution < 1.29 is 9.59 Å². The van der Waals surface area contributed by atoms with Gasteiger partial charge >= 0.3 is 0 Å². The number of nitrogens with one attached hydrogen (secondary N) is 2. The van der Waals surface area contributed by atoms with Crippen molar-refractivity contribution in [3.8, 4) is 0 Å². The molecule has 2 aromatic carbocycles. The third kappa shape index (κ3) is 5.69. The molecule has 0 bridgehead atoms. The van der Waals surface area contributed by atoms with Crippen molar-refractivity contribution in [2.24, 2.45) is 0 Å². The predicted octanol–water partition coefficient (Wildman–Crippen LogP) is 3.12. The topological polar surface area (TPSA) is 83.4 Å². The van der Waals surface area contributed by atoms with E-state index in [2.05, 4.69) is 27.7 Å². The number of pyridine rings is 1. The third-order valence-electron chi connectivity index (χ3n) is 6.66. The lowest BCUT2D eigenvalue weighted by Gasteiger charge is -2.17. The van der Waals surface area contributed by atoms with Gasteiger partial charge in [0.2, 0.25) is 5.43 Å². The predicted molar refractivity (Wildman–Crippen MR) is 134 cm³/mol. The van der Waals surface area contributed by atoms with Crippen LogP contribution in [0.5, 0.6) is 0 Å². The number of hydrogen-bond acceptors (Lipinski definition) is 4. The van der Waals surface area contributed by atoms with E-state index in [4.69, 9.17) is 0 Å². The van der Waals surface area contributed by atoms with E-state index in [1.807, 2.05) is 53.1 Å². The van der Waals surface area contributed by atoms with Crippen LogP contribution >= 0.6 is 0 Å². The van der Waals surface area contributed by atoms with Crippen LogP contribution in [-0.4, -0.2) is 40.4 Å². The molecule has 1 saturated carbocycles. The molecular formula is C28H30N4O3. The summed E-state index contributed by atoms with van der Waals surface area (Å²) in [5.41, 5.74) is 1.70. The molecule has 1 saturated heterocycles. The molecule has 1 aliphatic carbocycles. The van der Waals surface area contributed by atoms with Gasteiger partial charge < -0.3 is 15.2 Å². The van der Waals surface area contributed by atoms with Crippen LogP contribution < -0.4 is 16.1 Å². The summed E-state index contributed by atoms with van der Waals surface area (Å²) >= 11 is 0. The van der Waals surface area contributed by atoms with E-state index in [1.165, 1.54) is 5.56 Å². The lowest BCUT2D eigenvalue weighted by molar-refractivity contribution is 0.0935. The van der Waals surface area contributed by atoms with Crippen LogP contribution in [0.4, 0.5) is 0 Å². The number of carbonyl (C=O) groups excluding carboxylic acids is 2. The molecule has 3 aromatic rings. The van der Waals surface area contributed by atoms with Crippen molar-refractivity contribution in [1.29, 1.82) is 0 Å². The van der Waals surface area contributed by atoms with Gasteiger partial charge in [0.25, 0.3) is 11.8 Å². The Morgan fingerprint density at radius 2 is 1.46 bits per heavy atom. The number of hydrogen-bond donors (Lipinski definition) is 2. The Morgan fingerprint density at radius 3 is 2.11 bits per heavy atom. The summed E-state index contributed by atoms with van der Waals surface area (Å²) in [7, 11) is 0. The van der Waals surface area contributed by atoms with Crippen LogP contribution in [0.3, 0.4) is 0 Å². The highest BCUT2D eigenvalue weighted by atomic mass is 16.2. The molecule has 2 aliphatic rings. The lowest BCUT2D eigenvalue weighted by atomic mass is 10.1. The molecule has 180 valence electrons. The van der Waals surface area contributed by atoms with Crippen molar-refractivity contribution in [2.75, 3.05) is 13.1 Å². The van der Waals surface area contributed by atoms with Gasteiger partial charge in [0.1, 0.15) is 11.1 Å². The molecule has 1 unspecified atom stereocenters. The first kappa shape index (κ1) is 23.1. The standard InChI is InChI=1S/C28H30N4O3/c33-26-24(27(34)29-15-20-7-3-1-4-8-20)18-32(23-11-12-23)19-25(26)28(35)30-22-13-14-31(17-22)16-21-9-5-2-6-10-21/h1-10,18-19,22-23H,11-17H2,(H,29,34)(H,30,35). The molecule has 7 heteroatoms. The maximum atomic E-state index is 13.2. The maximum absolute atomic E-state index is 13.2. The van der Waals surface area contributed by atoms with E-state index >= 15 is 0 Å². The molecule has 7 nitrogen and oxygen atoms in total. The summed E-state index contributed by atoms with van der Waals surface area (Å²) in [5, 5.41) is 5.86. The number of amides is 2. The van der Waals surface area contributed by atoms with E-state index in [-0.39, 0.29) is 23.2 Å². The molecule has 2 fully saturated rings. The van der Waals surface area contributed by atoms with Gasteiger partial charge in [-0.25, -0.2) is 0 Å². The van der Waals surface area contributed by atoms with Crippen molar-refractivity contribution in [1.82, 2.24) is 20.1 Å². The first-order chi connectivity index (χ1) is 17.1. The SMILES string of the molecule is O=C(NCc1ccccc1)c1cn(C2CC2)cc(C(=O)NC2CCN(Cc3ccccc3)C2)c1=O. The molecule has 1 aromatic heterocycles. The summed E-state index contributed by atoms with van der Waals surface area (Å²) in [6, 6.07) is 20.0. The molecular weight excluding hydrogens is 440 g/mol. The van der Waals surface area contributed by atoms with Crippen LogP contribution in [0, 0.1) is 0 Å². The highest BCUT2D eigenvalue weighted by Gasteiger charge is 2.29. The van der Waals surface area contributed by atoms with Gasteiger partial charge in [0.15, 0.2) is 0 Å². The summed E-state index contributed by atoms with van der Waals surface area (Å²) < 4.78 is 1.85. The Labute approximate surface area is 204 Å². The first-order valence-corrected chi connectivity index (χ1v) is 12.2. The minimum atomic E-state index is -0.524. The summed E-state index contributed by atoms with van der Waals surface area (Å²) in [6.07, 6.45) is 5.99. The Balaban J connectivity index is 1.28. The number of carbonyl (C=O) groups is 2. The summed E-state index contributed by atoms with van der Waals surface area (Å²) in [4.78, 5) is 41.6. The molecule has 1 atom stereocenters. The first-order valence-electron chi connectivity index (χ1n) is 12.2. The van der Waals surface area contributed by atoms with Crippen molar-refractivity contribution in [3.05, 3.63) is 106 Å². The lowest BCUT2D eigenvalue weighted by Crippen LogP contribution is -2.40. The van der Waals surface area contributed by atoms with E-state index < -0.39 is 17.2 Å². The second-order valence-electron chi connectivity index (χ2n) is 9.44. The number of benzene rings is 2. The smallest absolute Gasteiger partial charge is 0.257 e. The Kier molecular flexibility index (Phi) is 6.77. The summed E-state index contributed by atoms with van der Waals surface area (Å²) in [6.45, 7) is 2.76. The Hall–Kier alpha value is -3.71. The molecule has 0 spiro atoms. The van der Waals surface area contributed by atoms with Gasteiger partial charge in [-0.1, -0.05) is 60.7 Å². The minimum absolute atomic E-state index is 0.0117. The van der Waals surface area contributed by atoms with Gasteiger partial charge in [0.05, 0.1) is 0 Å². The number of nitrogens with zero attached hydrogens (tertiary/aromatic N) is 2. The van der Waals surface area contributed by atoms with Gasteiger partial charge in [-0.15, -0.1) is 0 Å². The van der Waals surface area contributed by atoms with Crippen molar-refractivity contribution in [3.63, 3.8) is 0 Å². The molecule has 5 rings (SSSR count). The van der Waals surface area contributed by atoms with Crippen molar-refractivity contribution in [2.45, 2.75) is 44.4 Å². The van der Waals surface area contributed by atoms with E-state index in [0.717, 1.165) is 44.5 Å². The third-order valence-corrected chi connectivity index (χ3v) is 6.66. The van der Waals surface area contributed by atoms with Crippen molar-refractivity contribution >= 4 is 11.8 Å². The molecule has 2 heterocycles. The van der Waals surface area contributed by atoms with Crippen LogP contribution in [0.1, 0.15) is 57.1 Å². The van der Waals surface area contributed by atoms with Gasteiger partial charge in [-0.05, 0) is 30.4 Å². The van der Waals surface area contributed by atoms with Gasteiger partial charge in [0, 0.05) is 50.7 Å². The fourth-order valence-electron chi connectivity index (χ4n) is 4.58. The van der Waals surface area contributed by atoms with E-state index in [1.54, 1.807) is 12.4 Å². The van der Waals surface area contributed by atoms with Crippen LogP contribution in [0.2, 0.25) is 0 Å². The fraction of sp³-hybridized carbons (Fsp3) is 0.321. The second kappa shape index (κ2) is 10.3. The molecule has 1 aliphatic heterocycles. The maximum Gasteiger partial charge on any atom is 0.257 e. The van der Waals surface area contributed by atoms with Crippen LogP contribution in [0.25, 0.3) is 0 Å². The Morgan fingerprint density at radius 1 is 0.829 bits per heavy atom. The highest BCUT2D eigenvalue weighted by molar-refractivity contribution is 5.99. The number of likely N-dealkylation sites (tertiary alicyclic amines) is 1. The Bertz CT molecular complexity index is 1250. The monoisotopic (exact) mass is 470 g/mol. The molecule has 0 radical (unpaired) electrons. The average molecular weight is 471 g/mol. The zero-order valence-electron chi connectivity index (χ0n) is 19.7. The average Bonchev–Trinajstić information content (AvgIpc) is 3.64. The normalized spacial score (nSPS) is 17.8. The minimum Gasteiger partial charge on any atom is -0.349 e. The largest absolute Gasteiger partial charge is 0.349 e. The van der Waals surface area contributed by atoms with E-state index in [0.29, 0.717) is 6.54 Å². The summed E-state index contributed by atoms with van der Waals surface area (Å²) in [5.74, 6) is -0.869. The quantitative estimate of drug-likeness (QED) is 0.530. The molecule has 2 N–H and O–H groups in total. The van der Waals surface area contributed by atoms with Gasteiger partial charge in [-0.2, -0.15) is 0 Å². The zero-order chi connectivity index (χ0) is 24.2. The van der Waals surface area contributed by atoms with Crippen LogP contribution in [0.15, 0.2) is 77.9 Å². The van der Waals surface area contributed by atoms with Crippen LogP contribution in [-0.2, 0) is 13.1 Å². The zero-order valence-corrected chi connectivity index (χ0v) is 19.7. The number of aromatic nitrogens is 1. The van der Waals surface area contributed by atoms with Gasteiger partial charge in [-0.3, -0.25) is 19.3 Å². The second-order valence-corrected chi connectivity index (χ2v) is 9.44. The number of rotatable bonds is 8. The van der Waals surface area contributed by atoms with E-state index in [9.17, 15) is 14.4 Å². The fourth-order valence-corrected chi connectivity index (χ4v) is 4.58. The molecule has 35 heavy (non-hydrogen) atoms. The highest BCUT2D eigenvalue weighted by Crippen LogP contribution is 2.34. The molecule has 2 amide bonds.